The first kappa shape index (κ1) is 42.8. The third kappa shape index (κ3) is 9.44. The number of allylic oxidation sites excluding steroid dienone is 1. The minimum atomic E-state index is -4.60. The Kier molecular flexibility index (Phi) is 12.0. The fourth-order valence-electron chi connectivity index (χ4n) is 9.90. The van der Waals surface area contributed by atoms with E-state index in [0.717, 1.165) is 99.8 Å². The number of piperazine rings is 1. The second kappa shape index (κ2) is 17.6. The maximum absolute atomic E-state index is 14.1. The van der Waals surface area contributed by atoms with Crippen molar-refractivity contribution in [1.82, 2.24) is 19.6 Å². The summed E-state index contributed by atoms with van der Waals surface area (Å²) in [4.78, 5) is 37.6. The van der Waals surface area contributed by atoms with Gasteiger partial charge in [-0.1, -0.05) is 75.3 Å². The number of hydrogen-bond donors (Lipinski definition) is 2. The van der Waals surface area contributed by atoms with E-state index in [1.165, 1.54) is 35.4 Å². The Bertz CT molecular complexity index is 2680. The average Bonchev–Trinajstić information content (AvgIpc) is 3.75. The van der Waals surface area contributed by atoms with E-state index in [9.17, 15) is 23.3 Å². The van der Waals surface area contributed by atoms with E-state index in [4.69, 9.17) is 21.1 Å². The van der Waals surface area contributed by atoms with E-state index in [-0.39, 0.29) is 34.1 Å². The summed E-state index contributed by atoms with van der Waals surface area (Å²) in [6.45, 7) is 9.02. The number of hydrogen-bond acceptors (Lipinski definition) is 10. The van der Waals surface area contributed by atoms with Gasteiger partial charge in [0.05, 0.1) is 33.7 Å². The first-order valence-electron chi connectivity index (χ1n) is 22.0. The van der Waals surface area contributed by atoms with E-state index in [1.54, 1.807) is 30.5 Å². The number of carbonyl (C=O) groups is 1. The van der Waals surface area contributed by atoms with Crippen LogP contribution in [0.3, 0.4) is 0 Å². The van der Waals surface area contributed by atoms with Crippen molar-refractivity contribution in [2.75, 3.05) is 44.2 Å². The third-order valence-electron chi connectivity index (χ3n) is 13.5. The quantitative estimate of drug-likeness (QED) is 0.0965. The number of aromatic amines is 1. The van der Waals surface area contributed by atoms with Crippen molar-refractivity contribution in [3.8, 4) is 17.2 Å². The minimum Gasteiger partial charge on any atom is -0.493 e. The van der Waals surface area contributed by atoms with Crippen LogP contribution in [-0.4, -0.2) is 73.4 Å². The number of nitrogens with zero attached hydrogens (tertiary/aromatic N) is 4. The second-order valence-electron chi connectivity index (χ2n) is 18.3. The zero-order valence-electron chi connectivity index (χ0n) is 35.7. The average molecular weight is 894 g/mol. The highest BCUT2D eigenvalue weighted by Gasteiger charge is 2.36. The van der Waals surface area contributed by atoms with Crippen molar-refractivity contribution < 1.29 is 27.6 Å². The molecular weight excluding hydrogens is 840 g/mol. The number of sulfonamides is 1. The summed E-state index contributed by atoms with van der Waals surface area (Å²) in [7, 11) is -4.60. The van der Waals surface area contributed by atoms with Crippen LogP contribution in [0.2, 0.25) is 5.02 Å². The first-order valence-corrected chi connectivity index (χ1v) is 23.9. The van der Waals surface area contributed by atoms with Crippen molar-refractivity contribution in [2.45, 2.75) is 76.5 Å². The summed E-state index contributed by atoms with van der Waals surface area (Å²) in [5.41, 5.74) is 5.85. The van der Waals surface area contributed by atoms with Crippen LogP contribution in [0.25, 0.3) is 16.6 Å². The molecule has 5 aromatic rings. The van der Waals surface area contributed by atoms with Gasteiger partial charge in [0, 0.05) is 79.1 Å². The number of fused-ring (bicyclic) bond motifs is 2. The molecule has 0 unspecified atom stereocenters. The molecule has 2 aliphatic carbocycles. The highest BCUT2D eigenvalue weighted by Crippen LogP contribution is 2.44. The number of pyridine rings is 1. The summed E-state index contributed by atoms with van der Waals surface area (Å²) in [6.07, 6.45) is 12.5. The number of anilines is 1. The van der Waals surface area contributed by atoms with Gasteiger partial charge in [0.1, 0.15) is 22.9 Å². The molecule has 0 radical (unpaired) electrons. The molecule has 0 bridgehead atoms. The molecule has 1 amide bonds. The van der Waals surface area contributed by atoms with Crippen LogP contribution in [0, 0.1) is 27.4 Å². The molecule has 330 valence electrons. The Balaban J connectivity index is 0.947. The van der Waals surface area contributed by atoms with E-state index in [0.29, 0.717) is 35.9 Å². The Hall–Kier alpha value is -5.44. The van der Waals surface area contributed by atoms with Crippen LogP contribution in [0.5, 0.6) is 17.2 Å². The van der Waals surface area contributed by atoms with E-state index >= 15 is 0 Å². The van der Waals surface area contributed by atoms with Gasteiger partial charge in [0.2, 0.25) is 0 Å². The van der Waals surface area contributed by atoms with Crippen LogP contribution in [0.4, 0.5) is 11.4 Å². The predicted molar refractivity (Wildman–Crippen MR) is 244 cm³/mol. The Labute approximate surface area is 373 Å². The topological polar surface area (TPSA) is 160 Å². The number of aromatic nitrogens is 2. The summed E-state index contributed by atoms with van der Waals surface area (Å²) in [6, 6.07) is 19.2. The molecule has 0 spiro atoms. The van der Waals surface area contributed by atoms with Gasteiger partial charge in [-0.25, -0.2) is 18.1 Å². The molecule has 4 heterocycles. The molecule has 3 aromatic carbocycles. The molecule has 1 atom stereocenters. The summed E-state index contributed by atoms with van der Waals surface area (Å²) in [5, 5.41) is 13.9. The number of nitrogens with one attached hydrogen (secondary N) is 2. The smallest absolute Gasteiger partial charge is 0.277 e. The second-order valence-corrected chi connectivity index (χ2v) is 20.5. The first-order chi connectivity index (χ1) is 30.3. The molecule has 2 N–H and O–H groups in total. The molecule has 63 heavy (non-hydrogen) atoms. The molecule has 13 nitrogen and oxygen atoms in total. The molecule has 9 rings (SSSR count). The lowest BCUT2D eigenvalue weighted by Gasteiger charge is -2.39. The van der Waals surface area contributed by atoms with E-state index in [1.807, 2.05) is 18.2 Å². The lowest BCUT2D eigenvalue weighted by atomic mass is 9.72. The highest BCUT2D eigenvalue weighted by molar-refractivity contribution is 7.90. The molecule has 15 heteroatoms. The number of halogens is 1. The van der Waals surface area contributed by atoms with E-state index in [2.05, 4.69) is 50.5 Å². The molecule has 2 fully saturated rings. The van der Waals surface area contributed by atoms with Gasteiger partial charge in [0.15, 0.2) is 0 Å². The zero-order valence-corrected chi connectivity index (χ0v) is 37.3. The molecule has 2 aromatic heterocycles. The number of H-pyrrole nitrogens is 1. The van der Waals surface area contributed by atoms with E-state index < -0.39 is 25.7 Å². The fourth-order valence-corrected chi connectivity index (χ4v) is 11.0. The fraction of sp³-hybridized carbons (Fsp3) is 0.417. The Morgan fingerprint density at radius 3 is 2.56 bits per heavy atom. The van der Waals surface area contributed by atoms with Gasteiger partial charge in [-0.2, -0.15) is 0 Å². The van der Waals surface area contributed by atoms with Gasteiger partial charge in [0.25, 0.3) is 21.6 Å². The number of nitro groups is 1. The van der Waals surface area contributed by atoms with Crippen LogP contribution < -0.4 is 19.1 Å². The molecular formula is C48H53ClN6O7S. The number of benzene rings is 3. The highest BCUT2D eigenvalue weighted by atomic mass is 35.5. The van der Waals surface area contributed by atoms with Crippen molar-refractivity contribution in [3.05, 3.63) is 117 Å². The van der Waals surface area contributed by atoms with Crippen LogP contribution in [0.15, 0.2) is 89.6 Å². The summed E-state index contributed by atoms with van der Waals surface area (Å²) < 4.78 is 42.4. The van der Waals surface area contributed by atoms with Crippen molar-refractivity contribution in [2.24, 2.45) is 17.3 Å². The Morgan fingerprint density at radius 2 is 1.79 bits per heavy atom. The van der Waals surface area contributed by atoms with Crippen LogP contribution >= 0.6 is 11.6 Å². The number of nitro benzene ring substituents is 1. The minimum absolute atomic E-state index is 0.0314. The molecule has 2 aliphatic heterocycles. The van der Waals surface area contributed by atoms with Crippen molar-refractivity contribution >= 4 is 55.5 Å². The number of carbonyl (C=O) groups excluding carboxylic acids is 1. The van der Waals surface area contributed by atoms with Gasteiger partial charge in [-0.3, -0.25) is 19.8 Å². The van der Waals surface area contributed by atoms with Crippen molar-refractivity contribution in [3.63, 3.8) is 0 Å². The normalized spacial score (nSPS) is 19.7. The third-order valence-corrected chi connectivity index (χ3v) is 15.0. The number of ether oxygens (including phenoxy) is 2. The summed E-state index contributed by atoms with van der Waals surface area (Å²) in [5.74, 6) is 0.237. The lowest BCUT2D eigenvalue weighted by molar-refractivity contribution is -0.386. The van der Waals surface area contributed by atoms with Gasteiger partial charge < -0.3 is 19.4 Å². The maximum atomic E-state index is 14.1. The largest absolute Gasteiger partial charge is 0.493 e. The Morgan fingerprint density at radius 1 is 1.02 bits per heavy atom. The monoisotopic (exact) mass is 892 g/mol. The lowest BCUT2D eigenvalue weighted by Crippen LogP contribution is -2.47. The van der Waals surface area contributed by atoms with Crippen molar-refractivity contribution in [1.29, 1.82) is 0 Å². The van der Waals surface area contributed by atoms with Crippen LogP contribution in [0.1, 0.15) is 86.7 Å². The standard InChI is InChI=1S/C48H53ClN6O7S/c1-48(2)16-14-34(42(27-48)32-8-10-36(49)11-9-32)29-53-18-20-54(21-19-53)37-12-13-40(45(24-37)62-38-22-33-15-17-50-46(33)51-28-38)47(56)52-63(59,60)39-25-43(55(57)58)41-23-35(30-61-44(41)26-39)31-6-4-3-5-7-31/h8-13,15,17,22,24-26,28,31,35H,3-7,14,16,18-21,23,27,29-30H2,1-2H3,(H,50,51)(H,52,56)/t35-/m0/s1. The van der Waals surface area contributed by atoms with Crippen LogP contribution in [-0.2, 0) is 16.4 Å². The zero-order chi connectivity index (χ0) is 43.9. The van der Waals surface area contributed by atoms with Gasteiger partial charge in [-0.15, -0.1) is 0 Å². The molecule has 1 saturated carbocycles. The maximum Gasteiger partial charge on any atom is 0.277 e. The SMILES string of the molecule is CC1(C)CCC(CN2CCN(c3ccc(C(=O)NS(=O)(=O)c4cc5c(c([N+](=O)[O-])c4)C[C@H](C4CCCCC4)CO5)c(Oc4cnc5[nH]ccc5c4)c3)CC2)=C(c2ccc(Cl)cc2)C1. The number of rotatable bonds is 11. The molecule has 4 aliphatic rings. The van der Waals surface area contributed by atoms with Gasteiger partial charge in [-0.05, 0) is 84.6 Å². The molecule has 1 saturated heterocycles. The predicted octanol–water partition coefficient (Wildman–Crippen LogP) is 9.95. The van der Waals surface area contributed by atoms with Gasteiger partial charge >= 0.3 is 0 Å². The number of amides is 1. The summed E-state index contributed by atoms with van der Waals surface area (Å²) >= 11 is 6.25.